The van der Waals surface area contributed by atoms with Gasteiger partial charge in [0.15, 0.2) is 17.2 Å². The van der Waals surface area contributed by atoms with E-state index in [1.165, 1.54) is 31.4 Å². The molecular weight excluding hydrogens is 341 g/mol. The van der Waals surface area contributed by atoms with Gasteiger partial charge < -0.3 is 19.6 Å². The number of benzene rings is 2. The molecule has 2 N–H and O–H groups in total. The number of fused-ring (bicyclic) bond motifs is 1. The van der Waals surface area contributed by atoms with Crippen molar-refractivity contribution in [3.63, 3.8) is 0 Å². The highest BCUT2D eigenvalue weighted by atomic mass is 19.1. The highest BCUT2D eigenvalue weighted by Crippen LogP contribution is 2.36. The number of hydrogen-bond donors (Lipinski definition) is 2. The van der Waals surface area contributed by atoms with Crippen molar-refractivity contribution >= 4 is 22.5 Å². The van der Waals surface area contributed by atoms with Crippen molar-refractivity contribution in [1.82, 2.24) is 4.98 Å². The van der Waals surface area contributed by atoms with Gasteiger partial charge in [0.05, 0.1) is 19.2 Å². The summed E-state index contributed by atoms with van der Waals surface area (Å²) >= 11 is 0. The van der Waals surface area contributed by atoms with Gasteiger partial charge in [0.2, 0.25) is 5.88 Å². The van der Waals surface area contributed by atoms with Crippen molar-refractivity contribution in [3.05, 3.63) is 47.8 Å². The van der Waals surface area contributed by atoms with Gasteiger partial charge in [-0.3, -0.25) is 4.79 Å². The average molecular weight is 357 g/mol. The fourth-order valence-corrected chi connectivity index (χ4v) is 2.47. The first-order valence-corrected chi connectivity index (χ1v) is 7.80. The summed E-state index contributed by atoms with van der Waals surface area (Å²) in [7, 11) is 1.47. The predicted octanol–water partition coefficient (Wildman–Crippen LogP) is 4.34. The molecule has 1 aromatic heterocycles. The Hall–Kier alpha value is -3.42. The molecule has 0 spiro atoms. The summed E-state index contributed by atoms with van der Waals surface area (Å²) in [6, 6.07) is 8.54. The van der Waals surface area contributed by atoms with E-state index in [0.717, 1.165) is 0 Å². The second kappa shape index (κ2) is 7.22. The first-order valence-electron chi connectivity index (χ1n) is 7.80. The van der Waals surface area contributed by atoms with E-state index >= 15 is 0 Å². The Morgan fingerprint density at radius 2 is 2.04 bits per heavy atom. The van der Waals surface area contributed by atoms with Gasteiger partial charge in [-0.1, -0.05) is 0 Å². The van der Waals surface area contributed by atoms with Crippen LogP contribution in [0.2, 0.25) is 0 Å². The van der Waals surface area contributed by atoms with E-state index in [1.54, 1.807) is 12.1 Å². The Morgan fingerprint density at radius 1 is 1.23 bits per heavy atom. The van der Waals surface area contributed by atoms with E-state index in [0.29, 0.717) is 29.0 Å². The van der Waals surface area contributed by atoms with Gasteiger partial charge in [-0.25, -0.2) is 4.39 Å². The summed E-state index contributed by atoms with van der Waals surface area (Å²) in [6.45, 7) is 2.30. The third kappa shape index (κ3) is 3.34. The van der Waals surface area contributed by atoms with Crippen LogP contribution in [0.15, 0.2) is 46.6 Å². The summed E-state index contributed by atoms with van der Waals surface area (Å²) in [5.74, 6) is -0.466. The van der Waals surface area contributed by atoms with Crippen LogP contribution in [0.3, 0.4) is 0 Å². The lowest BCUT2D eigenvalue weighted by molar-refractivity contribution is 0.0994. The smallest absolute Gasteiger partial charge is 0.295 e. The molecule has 2 aromatic carbocycles. The maximum Gasteiger partial charge on any atom is 0.295 e. The number of halogens is 1. The summed E-state index contributed by atoms with van der Waals surface area (Å²) in [6.07, 6.45) is 0. The van der Waals surface area contributed by atoms with E-state index in [9.17, 15) is 14.3 Å². The second-order valence-corrected chi connectivity index (χ2v) is 5.32. The molecule has 0 aliphatic rings. The number of rotatable bonds is 5. The zero-order valence-electron chi connectivity index (χ0n) is 14.1. The Bertz CT molecular complexity index is 998. The van der Waals surface area contributed by atoms with Crippen LogP contribution < -0.4 is 9.47 Å². The monoisotopic (exact) mass is 357 g/mol. The van der Waals surface area contributed by atoms with Crippen LogP contribution in [0.4, 0.5) is 10.1 Å². The van der Waals surface area contributed by atoms with E-state index in [2.05, 4.69) is 15.2 Å². The Balaban J connectivity index is 1.89. The third-order valence-corrected chi connectivity index (χ3v) is 3.67. The van der Waals surface area contributed by atoms with Crippen LogP contribution in [0.1, 0.15) is 17.3 Å². The van der Waals surface area contributed by atoms with E-state index in [-0.39, 0.29) is 17.1 Å². The molecule has 3 rings (SSSR count). The van der Waals surface area contributed by atoms with Gasteiger partial charge in [0.25, 0.3) is 5.91 Å². The molecule has 1 heterocycles. The zero-order valence-corrected chi connectivity index (χ0v) is 14.1. The molecule has 0 bridgehead atoms. The lowest BCUT2D eigenvalue weighted by Crippen LogP contribution is -1.99. The van der Waals surface area contributed by atoms with Crippen molar-refractivity contribution in [2.75, 3.05) is 13.7 Å². The number of ether oxygens (including phenoxy) is 2. The largest absolute Gasteiger partial charge is 0.493 e. The lowest BCUT2D eigenvalue weighted by atomic mass is 10.2. The molecule has 1 amide bonds. The molecule has 26 heavy (non-hydrogen) atoms. The molecular formula is C18H16FN3O4. The molecule has 8 heteroatoms. The number of carbonyl (C=O) groups is 1. The molecule has 0 saturated heterocycles. The number of aromatic amines is 1. The van der Waals surface area contributed by atoms with Crippen LogP contribution >= 0.6 is 0 Å². The van der Waals surface area contributed by atoms with Gasteiger partial charge in [-0.2, -0.15) is 0 Å². The maximum atomic E-state index is 13.2. The topological polar surface area (TPSA) is 96.3 Å². The molecule has 7 nitrogen and oxygen atoms in total. The summed E-state index contributed by atoms with van der Waals surface area (Å²) in [5, 5.41) is 17.8. The Kier molecular flexibility index (Phi) is 4.83. The molecule has 0 fully saturated rings. The van der Waals surface area contributed by atoms with Crippen LogP contribution in [-0.2, 0) is 0 Å². The van der Waals surface area contributed by atoms with E-state index in [1.807, 2.05) is 6.92 Å². The molecule has 0 radical (unpaired) electrons. The predicted molar refractivity (Wildman–Crippen MR) is 92.9 cm³/mol. The molecule has 0 aliphatic carbocycles. The van der Waals surface area contributed by atoms with Gasteiger partial charge >= 0.3 is 0 Å². The van der Waals surface area contributed by atoms with Crippen LogP contribution in [0.5, 0.6) is 17.4 Å². The van der Waals surface area contributed by atoms with Gasteiger partial charge in [0.1, 0.15) is 5.82 Å². The lowest BCUT2D eigenvalue weighted by Gasteiger charge is -2.09. The quantitative estimate of drug-likeness (QED) is 0.664. The Labute approximate surface area is 148 Å². The normalized spacial score (nSPS) is 11.2. The second-order valence-electron chi connectivity index (χ2n) is 5.32. The fourth-order valence-electron chi connectivity index (χ4n) is 2.47. The maximum absolute atomic E-state index is 13.2. The minimum Gasteiger partial charge on any atom is -0.493 e. The number of carbonyl (C=O) groups excluding carboxylic acids is 1. The summed E-state index contributed by atoms with van der Waals surface area (Å²) in [4.78, 5) is 14.9. The van der Waals surface area contributed by atoms with Crippen molar-refractivity contribution in [2.24, 2.45) is 10.2 Å². The molecule has 3 aromatic rings. The number of nitrogens with zero attached hydrogens (tertiary/aromatic N) is 2. The molecule has 0 unspecified atom stereocenters. The summed E-state index contributed by atoms with van der Waals surface area (Å²) in [5.41, 5.74) is 0.664. The number of azo groups is 1. The number of aromatic nitrogens is 1. The van der Waals surface area contributed by atoms with Gasteiger partial charge in [-0.05, 0) is 43.3 Å². The first-order chi connectivity index (χ1) is 12.5. The Morgan fingerprint density at radius 3 is 2.77 bits per heavy atom. The number of methoxy groups -OCH3 is 1. The highest BCUT2D eigenvalue weighted by Gasteiger charge is 2.14. The van der Waals surface area contributed by atoms with Crippen molar-refractivity contribution < 1.29 is 23.8 Å². The van der Waals surface area contributed by atoms with E-state index in [4.69, 9.17) is 9.47 Å². The number of aromatic hydroxyl groups is 1. The molecule has 0 saturated carbocycles. The standard InChI is InChI=1S/C18H16FN3O4/c1-3-26-14-7-4-10(8-15(14)25-2)17(23)22-21-16-12-6-5-11(19)9-13(12)20-18(16)24/h4-9,20,24H,3H2,1-2H3. The van der Waals surface area contributed by atoms with E-state index < -0.39 is 11.7 Å². The van der Waals surface area contributed by atoms with Gasteiger partial charge in [0, 0.05) is 10.9 Å². The number of amides is 1. The van der Waals surface area contributed by atoms with Crippen molar-refractivity contribution in [3.8, 4) is 17.4 Å². The molecule has 0 atom stereocenters. The molecule has 0 aliphatic heterocycles. The minimum absolute atomic E-state index is 0.0613. The number of nitrogens with one attached hydrogen (secondary N) is 1. The highest BCUT2D eigenvalue weighted by molar-refractivity contribution is 5.97. The summed E-state index contributed by atoms with van der Waals surface area (Å²) < 4.78 is 23.8. The van der Waals surface area contributed by atoms with Crippen molar-refractivity contribution in [2.45, 2.75) is 6.92 Å². The SMILES string of the molecule is CCOc1ccc(C(=O)N=Nc2c(O)[nH]c3cc(F)ccc23)cc1OC. The number of hydrogen-bond acceptors (Lipinski definition) is 5. The van der Waals surface area contributed by atoms with Crippen LogP contribution in [-0.4, -0.2) is 29.7 Å². The fraction of sp³-hybridized carbons (Fsp3) is 0.167. The minimum atomic E-state index is -0.623. The first kappa shape index (κ1) is 17.4. The molecule has 134 valence electrons. The van der Waals surface area contributed by atoms with Crippen LogP contribution in [0.25, 0.3) is 10.9 Å². The zero-order chi connectivity index (χ0) is 18.7. The van der Waals surface area contributed by atoms with Crippen molar-refractivity contribution in [1.29, 1.82) is 0 Å². The van der Waals surface area contributed by atoms with Crippen LogP contribution in [0, 0.1) is 5.82 Å². The van der Waals surface area contributed by atoms with Gasteiger partial charge in [-0.15, -0.1) is 10.2 Å². The third-order valence-electron chi connectivity index (χ3n) is 3.67. The number of H-pyrrole nitrogens is 1. The average Bonchev–Trinajstić information content (AvgIpc) is 2.94.